The van der Waals surface area contributed by atoms with Gasteiger partial charge in [0.2, 0.25) is 0 Å². The normalized spacial score (nSPS) is 14.7. The second-order valence-electron chi connectivity index (χ2n) is 2.18. The monoisotopic (exact) mass is 117 g/mol. The zero-order valence-corrected chi connectivity index (χ0v) is 5.09. The molecule has 1 aliphatic rings. The lowest BCUT2D eigenvalue weighted by Crippen LogP contribution is -1.88. The van der Waals surface area contributed by atoms with E-state index in [0.29, 0.717) is 0 Å². The molecule has 2 radical (unpaired) electrons. The fourth-order valence-electron chi connectivity index (χ4n) is 1.10. The predicted molar refractivity (Wildman–Crippen MR) is 35.6 cm³/mol. The first-order chi connectivity index (χ1) is 4.47. The van der Waals surface area contributed by atoms with E-state index in [1.165, 1.54) is 5.56 Å². The Hall–Kier alpha value is -0.980. The van der Waals surface area contributed by atoms with Crippen molar-refractivity contribution in [2.75, 3.05) is 6.54 Å². The van der Waals surface area contributed by atoms with Crippen LogP contribution in [-0.2, 0) is 6.42 Å². The van der Waals surface area contributed by atoms with E-state index in [0.717, 1.165) is 18.7 Å². The van der Waals surface area contributed by atoms with Crippen molar-refractivity contribution in [3.8, 4) is 0 Å². The summed E-state index contributed by atoms with van der Waals surface area (Å²) in [5.74, 6) is 0. The third kappa shape index (κ3) is 0.689. The Bertz CT molecular complexity index is 195. The Kier molecular flexibility index (Phi) is 0.950. The van der Waals surface area contributed by atoms with Crippen LogP contribution >= 0.6 is 0 Å². The second-order valence-corrected chi connectivity index (χ2v) is 2.18. The number of para-hydroxylation sites is 1. The highest BCUT2D eigenvalue weighted by molar-refractivity contribution is 5.46. The van der Waals surface area contributed by atoms with E-state index >= 15 is 0 Å². The molecule has 0 N–H and O–H groups in total. The highest BCUT2D eigenvalue weighted by atomic mass is 14.9. The summed E-state index contributed by atoms with van der Waals surface area (Å²) < 4.78 is 0. The SMILES string of the molecule is [c]1cccc2c1[N]CC2. The van der Waals surface area contributed by atoms with Crippen LogP contribution in [0, 0.1) is 6.07 Å². The summed E-state index contributed by atoms with van der Waals surface area (Å²) >= 11 is 0. The lowest BCUT2D eigenvalue weighted by molar-refractivity contribution is 0.908. The average Bonchev–Trinajstić information content (AvgIpc) is 2.33. The molecule has 0 spiro atoms. The maximum atomic E-state index is 4.24. The summed E-state index contributed by atoms with van der Waals surface area (Å²) in [6.07, 6.45) is 1.10. The van der Waals surface area contributed by atoms with Crippen molar-refractivity contribution in [3.63, 3.8) is 0 Å². The third-order valence-corrected chi connectivity index (χ3v) is 1.57. The van der Waals surface area contributed by atoms with E-state index in [1.807, 2.05) is 12.1 Å². The molecule has 1 aliphatic heterocycles. The Morgan fingerprint density at radius 3 is 3.44 bits per heavy atom. The van der Waals surface area contributed by atoms with Gasteiger partial charge in [-0.1, -0.05) is 18.2 Å². The minimum absolute atomic E-state index is 0.954. The summed E-state index contributed by atoms with van der Waals surface area (Å²) in [4.78, 5) is 0. The van der Waals surface area contributed by atoms with Crippen LogP contribution in [0.2, 0.25) is 0 Å². The van der Waals surface area contributed by atoms with Crippen LogP contribution in [0.4, 0.5) is 5.69 Å². The van der Waals surface area contributed by atoms with E-state index in [1.54, 1.807) is 0 Å². The van der Waals surface area contributed by atoms with Gasteiger partial charge in [0.15, 0.2) is 0 Å². The van der Waals surface area contributed by atoms with Gasteiger partial charge < -0.3 is 0 Å². The molecule has 9 heavy (non-hydrogen) atoms. The Morgan fingerprint density at radius 2 is 2.56 bits per heavy atom. The van der Waals surface area contributed by atoms with Gasteiger partial charge in [0, 0.05) is 12.6 Å². The highest BCUT2D eigenvalue weighted by Gasteiger charge is 2.08. The number of nitrogens with zero attached hydrogens (tertiary/aromatic N) is 1. The standard InChI is InChI=1S/C8H7N/c1-2-4-8-7(3-1)5-6-9-8/h1-3H,5-6H2. The van der Waals surface area contributed by atoms with Crippen molar-refractivity contribution in [1.82, 2.24) is 5.32 Å². The molecule has 0 amide bonds. The molecule has 1 aromatic rings. The van der Waals surface area contributed by atoms with Crippen LogP contribution in [-0.4, -0.2) is 6.54 Å². The molecule has 0 saturated carbocycles. The lowest BCUT2D eigenvalue weighted by atomic mass is 10.2. The van der Waals surface area contributed by atoms with Gasteiger partial charge in [-0.3, -0.25) is 5.32 Å². The molecule has 1 heterocycles. The van der Waals surface area contributed by atoms with Gasteiger partial charge in [0.25, 0.3) is 0 Å². The van der Waals surface area contributed by atoms with Crippen LogP contribution in [0.3, 0.4) is 0 Å². The zero-order valence-electron chi connectivity index (χ0n) is 5.09. The molecule has 0 bridgehead atoms. The first-order valence-corrected chi connectivity index (χ1v) is 3.14. The van der Waals surface area contributed by atoms with E-state index in [2.05, 4.69) is 17.4 Å². The molecule has 0 unspecified atom stereocenters. The average molecular weight is 117 g/mol. The van der Waals surface area contributed by atoms with Crippen LogP contribution in [0.15, 0.2) is 18.2 Å². The Balaban J connectivity index is 2.54. The summed E-state index contributed by atoms with van der Waals surface area (Å²) in [6.45, 7) is 0.954. The summed E-state index contributed by atoms with van der Waals surface area (Å²) in [7, 11) is 0. The molecule has 2 rings (SSSR count). The number of benzene rings is 1. The van der Waals surface area contributed by atoms with Crippen LogP contribution in [0.1, 0.15) is 5.56 Å². The van der Waals surface area contributed by atoms with Crippen molar-refractivity contribution in [1.29, 1.82) is 0 Å². The van der Waals surface area contributed by atoms with Crippen LogP contribution in [0.5, 0.6) is 0 Å². The number of fused-ring (bicyclic) bond motifs is 1. The van der Waals surface area contributed by atoms with Gasteiger partial charge in [-0.2, -0.15) is 0 Å². The van der Waals surface area contributed by atoms with E-state index in [-0.39, 0.29) is 0 Å². The molecule has 44 valence electrons. The molecular weight excluding hydrogens is 110 g/mol. The lowest BCUT2D eigenvalue weighted by Gasteiger charge is -1.91. The van der Waals surface area contributed by atoms with E-state index in [9.17, 15) is 0 Å². The van der Waals surface area contributed by atoms with Crippen molar-refractivity contribution < 1.29 is 0 Å². The van der Waals surface area contributed by atoms with Crippen molar-refractivity contribution >= 4 is 5.69 Å². The topological polar surface area (TPSA) is 14.1 Å². The zero-order chi connectivity index (χ0) is 6.10. The summed E-state index contributed by atoms with van der Waals surface area (Å²) in [6, 6.07) is 9.12. The molecule has 0 fully saturated rings. The van der Waals surface area contributed by atoms with Gasteiger partial charge in [0.05, 0.1) is 5.69 Å². The molecule has 1 heteroatoms. The summed E-state index contributed by atoms with van der Waals surface area (Å²) in [5, 5.41) is 4.24. The van der Waals surface area contributed by atoms with Gasteiger partial charge >= 0.3 is 0 Å². The Morgan fingerprint density at radius 1 is 1.56 bits per heavy atom. The van der Waals surface area contributed by atoms with Crippen molar-refractivity contribution in [2.45, 2.75) is 6.42 Å². The molecule has 1 aromatic carbocycles. The Labute approximate surface area is 54.7 Å². The third-order valence-electron chi connectivity index (χ3n) is 1.57. The number of hydrogen-bond donors (Lipinski definition) is 0. The molecular formula is C8H7N. The smallest absolute Gasteiger partial charge is 0.0686 e. The van der Waals surface area contributed by atoms with Crippen LogP contribution in [0.25, 0.3) is 0 Å². The fourth-order valence-corrected chi connectivity index (χ4v) is 1.10. The minimum atomic E-state index is 0.954. The quantitative estimate of drug-likeness (QED) is 0.486. The number of hydrogen-bond acceptors (Lipinski definition) is 0. The van der Waals surface area contributed by atoms with Gasteiger partial charge in [-0.05, 0) is 12.0 Å². The van der Waals surface area contributed by atoms with Gasteiger partial charge in [-0.15, -0.1) is 0 Å². The molecule has 1 nitrogen and oxygen atoms in total. The minimum Gasteiger partial charge on any atom is -0.284 e. The largest absolute Gasteiger partial charge is 0.284 e. The summed E-state index contributed by atoms with van der Waals surface area (Å²) in [5.41, 5.74) is 2.41. The van der Waals surface area contributed by atoms with Gasteiger partial charge in [0.1, 0.15) is 0 Å². The van der Waals surface area contributed by atoms with Gasteiger partial charge in [-0.25, -0.2) is 0 Å². The second kappa shape index (κ2) is 1.76. The molecule has 0 atom stereocenters. The maximum Gasteiger partial charge on any atom is 0.0686 e. The van der Waals surface area contributed by atoms with Crippen molar-refractivity contribution in [2.24, 2.45) is 0 Å². The van der Waals surface area contributed by atoms with E-state index in [4.69, 9.17) is 0 Å². The first kappa shape index (κ1) is 4.86. The molecule has 0 saturated heterocycles. The first-order valence-electron chi connectivity index (χ1n) is 3.14. The number of rotatable bonds is 0. The van der Waals surface area contributed by atoms with Crippen molar-refractivity contribution in [3.05, 3.63) is 29.8 Å². The van der Waals surface area contributed by atoms with E-state index < -0.39 is 0 Å². The van der Waals surface area contributed by atoms with Crippen LogP contribution < -0.4 is 5.32 Å². The fraction of sp³-hybridized carbons (Fsp3) is 0.250. The predicted octanol–water partition coefficient (Wildman–Crippen LogP) is 1.28. The molecule has 0 aliphatic carbocycles. The molecule has 0 aromatic heterocycles. The maximum absolute atomic E-state index is 4.24. The highest BCUT2D eigenvalue weighted by Crippen LogP contribution is 2.19.